The number of nitrogens with zero attached hydrogens (tertiary/aromatic N) is 1. The molecule has 0 aliphatic heterocycles. The lowest BCUT2D eigenvalue weighted by Gasteiger charge is -2.05. The van der Waals surface area contributed by atoms with Gasteiger partial charge in [-0.2, -0.15) is 0 Å². The first-order valence-electron chi connectivity index (χ1n) is 6.41. The fourth-order valence-electron chi connectivity index (χ4n) is 2.37. The first-order chi connectivity index (χ1) is 8.60. The topological polar surface area (TPSA) is 22.0 Å². The van der Waals surface area contributed by atoms with Crippen LogP contribution >= 0.6 is 11.6 Å². The highest BCUT2D eigenvalue weighted by atomic mass is 35.5. The van der Waals surface area contributed by atoms with E-state index in [0.29, 0.717) is 10.7 Å². The lowest BCUT2D eigenvalue weighted by atomic mass is 10.1. The maximum atomic E-state index is 11.8. The second kappa shape index (κ2) is 5.15. The zero-order valence-electron chi connectivity index (χ0n) is 11.1. The van der Waals surface area contributed by atoms with Crippen LogP contribution in [0.3, 0.4) is 0 Å². The second-order valence-corrected chi connectivity index (χ2v) is 4.94. The summed E-state index contributed by atoms with van der Waals surface area (Å²) in [5.74, 6) is 0.0353. The summed E-state index contributed by atoms with van der Waals surface area (Å²) in [4.78, 5) is 11.8. The normalized spacial score (nSPS) is 11.1. The molecule has 0 radical (unpaired) electrons. The largest absolute Gasteiger partial charge is 0.331 e. The molecule has 0 spiro atoms. The first kappa shape index (κ1) is 13.2. The number of hydrogen-bond donors (Lipinski definition) is 0. The molecular weight excluding hydrogens is 246 g/mol. The van der Waals surface area contributed by atoms with Crippen molar-refractivity contribution < 1.29 is 4.79 Å². The molecule has 2 rings (SSSR count). The predicted molar refractivity (Wildman–Crippen MR) is 76.6 cm³/mol. The summed E-state index contributed by atoms with van der Waals surface area (Å²) in [5, 5.41) is 1.56. The van der Waals surface area contributed by atoms with E-state index in [9.17, 15) is 4.79 Å². The summed E-state index contributed by atoms with van der Waals surface area (Å²) in [7, 11) is 0. The van der Waals surface area contributed by atoms with Crippen molar-refractivity contribution in [2.24, 2.45) is 0 Å². The Bertz CT molecular complexity index is 598. The zero-order chi connectivity index (χ0) is 13.3. The molecule has 0 saturated carbocycles. The molecule has 2 aromatic rings. The van der Waals surface area contributed by atoms with E-state index in [0.717, 1.165) is 30.3 Å². The van der Waals surface area contributed by atoms with Gasteiger partial charge in [0.25, 0.3) is 0 Å². The van der Waals surface area contributed by atoms with E-state index in [4.69, 9.17) is 11.6 Å². The van der Waals surface area contributed by atoms with Gasteiger partial charge in [-0.25, -0.2) is 0 Å². The number of hydrogen-bond acceptors (Lipinski definition) is 1. The lowest BCUT2D eigenvalue weighted by molar-refractivity contribution is 0.101. The van der Waals surface area contributed by atoms with Gasteiger partial charge in [-0.1, -0.05) is 31.5 Å². The Kier molecular flexibility index (Phi) is 3.76. The number of Topliss-reactive ketones (excluding diaryl/α,β-unsaturated/α-hetero) is 1. The van der Waals surface area contributed by atoms with E-state index < -0.39 is 0 Å². The number of carbonyl (C=O) groups is 1. The van der Waals surface area contributed by atoms with Crippen LogP contribution in [0.2, 0.25) is 5.15 Å². The number of carbonyl (C=O) groups excluding carboxylic acids is 1. The zero-order valence-corrected chi connectivity index (χ0v) is 11.8. The number of aromatic nitrogens is 1. The molecule has 18 heavy (non-hydrogen) atoms. The van der Waals surface area contributed by atoms with Crippen molar-refractivity contribution in [3.63, 3.8) is 0 Å². The average molecular weight is 264 g/mol. The molecule has 0 atom stereocenters. The van der Waals surface area contributed by atoms with Crippen LogP contribution in [-0.4, -0.2) is 10.4 Å². The van der Waals surface area contributed by atoms with Gasteiger partial charge in [-0.15, -0.1) is 0 Å². The summed E-state index contributed by atoms with van der Waals surface area (Å²) in [5.41, 5.74) is 2.95. The van der Waals surface area contributed by atoms with Gasteiger partial charge in [-0.05, 0) is 37.5 Å². The summed E-state index contributed by atoms with van der Waals surface area (Å²) < 4.78 is 2.03. The molecule has 0 unspecified atom stereocenters. The smallest absolute Gasteiger partial charge is 0.163 e. The maximum Gasteiger partial charge on any atom is 0.163 e. The average Bonchev–Trinajstić information content (AvgIpc) is 2.62. The van der Waals surface area contributed by atoms with Crippen LogP contribution in [0.15, 0.2) is 18.2 Å². The summed E-state index contributed by atoms with van der Waals surface area (Å²) in [6.45, 7) is 6.64. The minimum atomic E-state index is 0.0353. The standard InChI is InChI=1S/C15H18ClNO/c1-4-8-17-13-7-6-11(5-2)9-12(13)14(10(3)18)15(17)16/h6-7,9H,4-5,8H2,1-3H3. The number of ketones is 1. The molecule has 0 aliphatic carbocycles. The van der Waals surface area contributed by atoms with Gasteiger partial charge >= 0.3 is 0 Å². The highest BCUT2D eigenvalue weighted by Crippen LogP contribution is 2.31. The number of fused-ring (bicyclic) bond motifs is 1. The molecule has 3 heteroatoms. The van der Waals surface area contributed by atoms with Crippen LogP contribution in [0.1, 0.15) is 43.1 Å². The Labute approximate surface area is 113 Å². The Morgan fingerprint density at radius 1 is 1.33 bits per heavy atom. The Morgan fingerprint density at radius 3 is 2.61 bits per heavy atom. The minimum Gasteiger partial charge on any atom is -0.331 e. The summed E-state index contributed by atoms with van der Waals surface area (Å²) in [6.07, 6.45) is 1.96. The quantitative estimate of drug-likeness (QED) is 0.746. The minimum absolute atomic E-state index is 0.0353. The van der Waals surface area contributed by atoms with Crippen LogP contribution in [0.5, 0.6) is 0 Å². The highest BCUT2D eigenvalue weighted by Gasteiger charge is 2.18. The van der Waals surface area contributed by atoms with Gasteiger partial charge in [0.05, 0.1) is 5.56 Å². The van der Waals surface area contributed by atoms with Crippen molar-refractivity contribution in [2.75, 3.05) is 0 Å². The van der Waals surface area contributed by atoms with Crippen LogP contribution in [0, 0.1) is 0 Å². The van der Waals surface area contributed by atoms with Crippen molar-refractivity contribution >= 4 is 28.3 Å². The fraction of sp³-hybridized carbons (Fsp3) is 0.400. The molecule has 0 aliphatic rings. The second-order valence-electron chi connectivity index (χ2n) is 4.58. The third kappa shape index (κ3) is 2.05. The van der Waals surface area contributed by atoms with Gasteiger partial charge in [0.1, 0.15) is 5.15 Å². The molecule has 2 nitrogen and oxygen atoms in total. The molecular formula is C15H18ClNO. The van der Waals surface area contributed by atoms with Gasteiger partial charge in [0, 0.05) is 17.4 Å². The molecule has 0 bridgehead atoms. The van der Waals surface area contributed by atoms with Crippen LogP contribution < -0.4 is 0 Å². The number of benzene rings is 1. The summed E-state index contributed by atoms with van der Waals surface area (Å²) in [6, 6.07) is 6.26. The summed E-state index contributed by atoms with van der Waals surface area (Å²) >= 11 is 6.36. The van der Waals surface area contributed by atoms with E-state index >= 15 is 0 Å². The fourth-order valence-corrected chi connectivity index (χ4v) is 2.78. The van der Waals surface area contributed by atoms with Crippen LogP contribution in [-0.2, 0) is 13.0 Å². The molecule has 96 valence electrons. The third-order valence-corrected chi connectivity index (χ3v) is 3.66. The van der Waals surface area contributed by atoms with E-state index in [1.165, 1.54) is 5.56 Å². The van der Waals surface area contributed by atoms with E-state index in [-0.39, 0.29) is 5.78 Å². The van der Waals surface area contributed by atoms with Crippen LogP contribution in [0.25, 0.3) is 10.9 Å². The Hall–Kier alpha value is -1.28. The van der Waals surface area contributed by atoms with E-state index in [2.05, 4.69) is 32.0 Å². The molecule has 1 heterocycles. The lowest BCUT2D eigenvalue weighted by Crippen LogP contribution is -1.97. The van der Waals surface area contributed by atoms with Crippen molar-refractivity contribution in [1.82, 2.24) is 4.57 Å². The van der Waals surface area contributed by atoms with Crippen molar-refractivity contribution in [2.45, 2.75) is 40.2 Å². The van der Waals surface area contributed by atoms with Gasteiger partial charge < -0.3 is 4.57 Å². The van der Waals surface area contributed by atoms with E-state index in [1.807, 2.05) is 4.57 Å². The molecule has 1 aromatic heterocycles. The predicted octanol–water partition coefficient (Wildman–Crippen LogP) is 4.47. The molecule has 0 amide bonds. The Morgan fingerprint density at radius 2 is 2.06 bits per heavy atom. The van der Waals surface area contributed by atoms with E-state index in [1.54, 1.807) is 6.92 Å². The molecule has 0 fully saturated rings. The first-order valence-corrected chi connectivity index (χ1v) is 6.79. The monoisotopic (exact) mass is 263 g/mol. The highest BCUT2D eigenvalue weighted by molar-refractivity contribution is 6.35. The molecule has 0 N–H and O–H groups in total. The SMILES string of the molecule is CCCn1c(Cl)c(C(C)=O)c2cc(CC)ccc21. The van der Waals surface area contributed by atoms with Gasteiger partial charge in [0.15, 0.2) is 5.78 Å². The number of aryl methyl sites for hydroxylation is 2. The third-order valence-electron chi connectivity index (χ3n) is 3.27. The maximum absolute atomic E-state index is 11.8. The van der Waals surface area contributed by atoms with Crippen LogP contribution in [0.4, 0.5) is 0 Å². The van der Waals surface area contributed by atoms with Crippen molar-refractivity contribution in [1.29, 1.82) is 0 Å². The van der Waals surface area contributed by atoms with Crippen molar-refractivity contribution in [3.05, 3.63) is 34.5 Å². The number of halogens is 1. The molecule has 1 aromatic carbocycles. The van der Waals surface area contributed by atoms with Gasteiger partial charge in [-0.3, -0.25) is 4.79 Å². The Balaban J connectivity index is 2.79. The van der Waals surface area contributed by atoms with Gasteiger partial charge in [0.2, 0.25) is 0 Å². The number of rotatable bonds is 4. The van der Waals surface area contributed by atoms with Crippen molar-refractivity contribution in [3.8, 4) is 0 Å². The molecule has 0 saturated heterocycles.